The number of rotatable bonds is 2. The molecule has 1 saturated heterocycles. The van der Waals surface area contributed by atoms with Crippen molar-refractivity contribution in [3.63, 3.8) is 0 Å². The maximum absolute atomic E-state index is 6.17. The van der Waals surface area contributed by atoms with Crippen molar-refractivity contribution in [1.82, 2.24) is 0 Å². The molecule has 2 nitrogen and oxygen atoms in total. The van der Waals surface area contributed by atoms with E-state index in [1.807, 2.05) is 0 Å². The van der Waals surface area contributed by atoms with Crippen LogP contribution in [0, 0.1) is 0 Å². The average Bonchev–Trinajstić information content (AvgIpc) is 2.83. The second-order valence-corrected chi connectivity index (χ2v) is 8.86. The number of aryl methyl sites for hydroxylation is 1. The van der Waals surface area contributed by atoms with Crippen LogP contribution in [0.25, 0.3) is 0 Å². The van der Waals surface area contributed by atoms with Crippen LogP contribution in [0.3, 0.4) is 0 Å². The third-order valence-electron chi connectivity index (χ3n) is 5.97. The Morgan fingerprint density at radius 3 is 2.00 bits per heavy atom. The number of hydrogen-bond acceptors (Lipinski definition) is 2. The van der Waals surface area contributed by atoms with Crippen molar-refractivity contribution in [3.05, 3.63) is 34.4 Å². The summed E-state index contributed by atoms with van der Waals surface area (Å²) in [6.45, 7) is 16.6. The number of benzene rings is 1. The molecule has 1 heterocycles. The average molecular weight is 316 g/mol. The minimum atomic E-state index is -0.600. The minimum absolute atomic E-state index is 0.158. The Morgan fingerprint density at radius 2 is 1.52 bits per heavy atom. The summed E-state index contributed by atoms with van der Waals surface area (Å²) < 4.78 is 12.2. The Hall–Kier alpha value is -0.860. The van der Waals surface area contributed by atoms with Gasteiger partial charge in [0.15, 0.2) is 5.79 Å². The molecule has 0 unspecified atom stereocenters. The largest absolute Gasteiger partial charge is 0.343 e. The molecule has 128 valence electrons. The van der Waals surface area contributed by atoms with E-state index < -0.39 is 5.79 Å². The van der Waals surface area contributed by atoms with E-state index in [0.717, 1.165) is 6.42 Å². The third-order valence-corrected chi connectivity index (χ3v) is 5.97. The zero-order valence-electron chi connectivity index (χ0n) is 15.9. The highest BCUT2D eigenvalue weighted by atomic mass is 16.7. The van der Waals surface area contributed by atoms with Gasteiger partial charge in [-0.3, -0.25) is 0 Å². The highest BCUT2D eigenvalue weighted by Crippen LogP contribution is 2.48. The predicted molar refractivity (Wildman–Crippen MR) is 95.0 cm³/mol. The Labute approximate surface area is 141 Å². The first-order valence-electron chi connectivity index (χ1n) is 9.09. The highest BCUT2D eigenvalue weighted by molar-refractivity contribution is 5.48. The molecular weight excluding hydrogens is 284 g/mol. The minimum Gasteiger partial charge on any atom is -0.343 e. The van der Waals surface area contributed by atoms with Crippen LogP contribution in [0.5, 0.6) is 0 Å². The van der Waals surface area contributed by atoms with Gasteiger partial charge in [-0.25, -0.2) is 0 Å². The summed E-state index contributed by atoms with van der Waals surface area (Å²) in [5.41, 5.74) is 6.06. The summed E-state index contributed by atoms with van der Waals surface area (Å²) >= 11 is 0. The quantitative estimate of drug-likeness (QED) is 0.746. The van der Waals surface area contributed by atoms with Crippen molar-refractivity contribution in [3.8, 4) is 0 Å². The summed E-state index contributed by atoms with van der Waals surface area (Å²) in [6, 6.07) is 4.83. The predicted octanol–water partition coefficient (Wildman–Crippen LogP) is 5.21. The van der Waals surface area contributed by atoms with Crippen molar-refractivity contribution >= 4 is 0 Å². The Morgan fingerprint density at radius 1 is 0.957 bits per heavy atom. The van der Waals surface area contributed by atoms with Gasteiger partial charge in [0.2, 0.25) is 0 Å². The lowest BCUT2D eigenvalue weighted by atomic mass is 9.62. The zero-order chi connectivity index (χ0) is 17.0. The van der Waals surface area contributed by atoms with E-state index in [9.17, 15) is 0 Å². The first kappa shape index (κ1) is 17.0. The van der Waals surface area contributed by atoms with Gasteiger partial charge in [0.25, 0.3) is 0 Å². The molecule has 0 saturated carbocycles. The highest BCUT2D eigenvalue weighted by Gasteiger charge is 2.42. The lowest BCUT2D eigenvalue weighted by Crippen LogP contribution is -2.35. The van der Waals surface area contributed by atoms with Crippen LogP contribution in [-0.2, 0) is 32.5 Å². The van der Waals surface area contributed by atoms with Crippen LogP contribution < -0.4 is 0 Å². The second kappa shape index (κ2) is 5.32. The molecule has 0 radical (unpaired) electrons. The molecule has 0 N–H and O–H groups in total. The fourth-order valence-electron chi connectivity index (χ4n) is 4.24. The molecule has 1 aromatic carbocycles. The topological polar surface area (TPSA) is 18.5 Å². The molecule has 23 heavy (non-hydrogen) atoms. The Bertz CT molecular complexity index is 615. The van der Waals surface area contributed by atoms with E-state index in [1.165, 1.54) is 35.1 Å². The summed E-state index contributed by atoms with van der Waals surface area (Å²) in [6.07, 6.45) is 3.64. The molecule has 0 bridgehead atoms. The zero-order valence-corrected chi connectivity index (χ0v) is 15.9. The van der Waals surface area contributed by atoms with Crippen LogP contribution in [0.2, 0.25) is 0 Å². The summed E-state index contributed by atoms with van der Waals surface area (Å²) in [5, 5.41) is 0. The summed E-state index contributed by atoms with van der Waals surface area (Å²) in [5.74, 6) is -0.600. The van der Waals surface area contributed by atoms with Crippen molar-refractivity contribution in [2.45, 2.75) is 90.4 Å². The van der Waals surface area contributed by atoms with Crippen molar-refractivity contribution in [1.29, 1.82) is 0 Å². The van der Waals surface area contributed by atoms with Gasteiger partial charge in [0.1, 0.15) is 0 Å². The smallest absolute Gasteiger partial charge is 0.192 e. The van der Waals surface area contributed by atoms with Crippen molar-refractivity contribution in [2.75, 3.05) is 6.61 Å². The van der Waals surface area contributed by atoms with Crippen LogP contribution in [-0.4, -0.2) is 12.7 Å². The molecule has 0 amide bonds. The van der Waals surface area contributed by atoms with Gasteiger partial charge in [0, 0.05) is 5.56 Å². The number of ether oxygens (including phenoxy) is 2. The van der Waals surface area contributed by atoms with Gasteiger partial charge in [0.05, 0.1) is 12.7 Å². The van der Waals surface area contributed by atoms with E-state index in [1.54, 1.807) is 0 Å². The maximum atomic E-state index is 6.17. The summed E-state index contributed by atoms with van der Waals surface area (Å²) in [4.78, 5) is 0. The SMILES string of the molecule is CCc1cc2c(cc1[C@]1(C)OC[C@H](C)O1)C(C)(C)CCC2(C)C. The number of fused-ring (bicyclic) bond motifs is 1. The van der Waals surface area contributed by atoms with Gasteiger partial charge >= 0.3 is 0 Å². The molecule has 2 aliphatic rings. The standard InChI is InChI=1S/C21H32O2/c1-8-15-11-17-18(20(5,6)10-9-19(17,3)4)12-16(15)21(7)22-13-14(2)23-21/h11-12,14H,8-10,13H2,1-7H3/t14-,21+/m0/s1. The van der Waals surface area contributed by atoms with Gasteiger partial charge in [-0.15, -0.1) is 0 Å². The lowest BCUT2D eigenvalue weighted by molar-refractivity contribution is -0.160. The first-order chi connectivity index (χ1) is 10.6. The van der Waals surface area contributed by atoms with E-state index in [-0.39, 0.29) is 16.9 Å². The van der Waals surface area contributed by atoms with E-state index in [0.29, 0.717) is 6.61 Å². The van der Waals surface area contributed by atoms with Gasteiger partial charge < -0.3 is 9.47 Å². The molecule has 1 aromatic rings. The molecular formula is C21H32O2. The lowest BCUT2D eigenvalue weighted by Gasteiger charge is -2.43. The first-order valence-corrected chi connectivity index (χ1v) is 9.09. The fraction of sp³-hybridized carbons (Fsp3) is 0.714. The molecule has 3 rings (SSSR count). The summed E-state index contributed by atoms with van der Waals surface area (Å²) in [7, 11) is 0. The number of hydrogen-bond donors (Lipinski definition) is 0. The Balaban J connectivity index is 2.20. The van der Waals surface area contributed by atoms with Crippen LogP contribution in [0.4, 0.5) is 0 Å². The van der Waals surface area contributed by atoms with Crippen LogP contribution in [0.15, 0.2) is 12.1 Å². The van der Waals surface area contributed by atoms with Crippen molar-refractivity contribution in [2.24, 2.45) is 0 Å². The third kappa shape index (κ3) is 2.74. The second-order valence-electron chi connectivity index (χ2n) is 8.86. The molecule has 0 spiro atoms. The Kier molecular flexibility index (Phi) is 3.93. The van der Waals surface area contributed by atoms with E-state index >= 15 is 0 Å². The van der Waals surface area contributed by atoms with Crippen molar-refractivity contribution < 1.29 is 9.47 Å². The normalized spacial score (nSPS) is 31.9. The molecule has 2 atom stereocenters. The maximum Gasteiger partial charge on any atom is 0.192 e. The fourth-order valence-corrected chi connectivity index (χ4v) is 4.24. The molecule has 1 fully saturated rings. The monoisotopic (exact) mass is 316 g/mol. The van der Waals surface area contributed by atoms with E-state index in [4.69, 9.17) is 9.47 Å². The molecule has 1 aliphatic carbocycles. The molecule has 2 heteroatoms. The van der Waals surface area contributed by atoms with E-state index in [2.05, 4.69) is 60.6 Å². The van der Waals surface area contributed by atoms with Crippen LogP contribution >= 0.6 is 0 Å². The molecule has 1 aliphatic heterocycles. The van der Waals surface area contributed by atoms with Crippen LogP contribution in [0.1, 0.15) is 83.6 Å². The van der Waals surface area contributed by atoms with Gasteiger partial charge in [-0.05, 0) is 66.7 Å². The van der Waals surface area contributed by atoms with Gasteiger partial charge in [-0.2, -0.15) is 0 Å². The molecule has 0 aromatic heterocycles. The van der Waals surface area contributed by atoms with Gasteiger partial charge in [-0.1, -0.05) is 40.7 Å².